The summed E-state index contributed by atoms with van der Waals surface area (Å²) in [5.74, 6) is 0.192. The van der Waals surface area contributed by atoms with Crippen LogP contribution in [-0.4, -0.2) is 35.9 Å². The molecule has 1 N–H and O–H groups in total. The lowest BCUT2D eigenvalue weighted by Gasteiger charge is -2.31. The number of amides is 2. The van der Waals surface area contributed by atoms with Crippen LogP contribution >= 0.6 is 15.9 Å². The van der Waals surface area contributed by atoms with E-state index in [1.807, 2.05) is 85.8 Å². The highest BCUT2D eigenvalue weighted by atomic mass is 79.9. The van der Waals surface area contributed by atoms with E-state index >= 15 is 0 Å². The number of carbonyl (C=O) groups excluding carboxylic acids is 2. The fraction of sp³-hybridized carbons (Fsp3) is 0.333. The molecule has 3 rings (SSSR count). The molecule has 3 aromatic carbocycles. The van der Waals surface area contributed by atoms with E-state index in [0.29, 0.717) is 25.3 Å². The maximum Gasteiger partial charge on any atom is 0.261 e. The number of nitrogens with one attached hydrogen (secondary N) is 1. The fourth-order valence-corrected chi connectivity index (χ4v) is 4.40. The molecule has 2 amide bonds. The summed E-state index contributed by atoms with van der Waals surface area (Å²) >= 11 is 3.51. The van der Waals surface area contributed by atoms with Crippen LogP contribution in [0.4, 0.5) is 0 Å². The number of hydrogen-bond donors (Lipinski definition) is 1. The Bertz CT molecular complexity index is 1140. The van der Waals surface area contributed by atoms with Crippen LogP contribution in [0.2, 0.25) is 0 Å². The number of benzene rings is 3. The first-order valence-electron chi connectivity index (χ1n) is 12.3. The first-order valence-corrected chi connectivity index (χ1v) is 13.1. The van der Waals surface area contributed by atoms with Crippen LogP contribution in [0.25, 0.3) is 0 Å². The zero-order chi connectivity index (χ0) is 26.1. The van der Waals surface area contributed by atoms with Gasteiger partial charge in [-0.2, -0.15) is 0 Å². The van der Waals surface area contributed by atoms with Crippen molar-refractivity contribution in [2.45, 2.75) is 52.1 Å². The summed E-state index contributed by atoms with van der Waals surface area (Å²) in [5, 5.41) is 2.91. The number of rotatable bonds is 10. The molecule has 190 valence electrons. The molecule has 36 heavy (non-hydrogen) atoms. The van der Waals surface area contributed by atoms with Gasteiger partial charge in [0.15, 0.2) is 6.61 Å². The Morgan fingerprint density at radius 1 is 0.944 bits per heavy atom. The van der Waals surface area contributed by atoms with Crippen LogP contribution in [0.3, 0.4) is 0 Å². The van der Waals surface area contributed by atoms with Gasteiger partial charge >= 0.3 is 0 Å². The molecule has 0 aromatic heterocycles. The Hall–Kier alpha value is -3.12. The Morgan fingerprint density at radius 2 is 1.61 bits per heavy atom. The molecule has 0 radical (unpaired) electrons. The zero-order valence-electron chi connectivity index (χ0n) is 21.5. The topological polar surface area (TPSA) is 58.6 Å². The van der Waals surface area contributed by atoms with Crippen LogP contribution in [0.15, 0.2) is 83.3 Å². The van der Waals surface area contributed by atoms with Gasteiger partial charge in [-0.1, -0.05) is 91.3 Å². The average molecular weight is 552 g/mol. The van der Waals surface area contributed by atoms with E-state index in [1.54, 1.807) is 4.90 Å². The molecule has 0 bridgehead atoms. The minimum atomic E-state index is -0.675. The van der Waals surface area contributed by atoms with Gasteiger partial charge in [-0.05, 0) is 53.3 Å². The van der Waals surface area contributed by atoms with E-state index in [2.05, 4.69) is 42.0 Å². The summed E-state index contributed by atoms with van der Waals surface area (Å²) in [6, 6.07) is 24.7. The average Bonchev–Trinajstić information content (AvgIpc) is 2.85. The van der Waals surface area contributed by atoms with Gasteiger partial charge in [0.1, 0.15) is 11.8 Å². The Kier molecular flexibility index (Phi) is 9.71. The van der Waals surface area contributed by atoms with Crippen molar-refractivity contribution in [1.82, 2.24) is 10.2 Å². The van der Waals surface area contributed by atoms with Crippen molar-refractivity contribution in [2.24, 2.45) is 0 Å². The lowest BCUT2D eigenvalue weighted by molar-refractivity contribution is -0.142. The van der Waals surface area contributed by atoms with Gasteiger partial charge in [0.25, 0.3) is 5.91 Å². The van der Waals surface area contributed by atoms with E-state index in [1.165, 1.54) is 5.56 Å². The molecule has 3 aromatic rings. The molecule has 0 fully saturated rings. The van der Waals surface area contributed by atoms with E-state index in [-0.39, 0.29) is 23.8 Å². The molecule has 0 saturated heterocycles. The van der Waals surface area contributed by atoms with Gasteiger partial charge in [-0.25, -0.2) is 0 Å². The van der Waals surface area contributed by atoms with Crippen molar-refractivity contribution in [2.75, 3.05) is 13.2 Å². The van der Waals surface area contributed by atoms with Gasteiger partial charge in [0.2, 0.25) is 5.91 Å². The third-order valence-corrected chi connectivity index (χ3v) is 6.44. The SMILES string of the molecule is CCNC(=O)[C@H](Cc1ccccc1)N(Cc1cccc(Br)c1)C(=O)COc1ccc(C(C)(C)C)cc1. The van der Waals surface area contributed by atoms with Crippen molar-refractivity contribution in [3.8, 4) is 5.75 Å². The molecule has 0 saturated carbocycles. The van der Waals surface area contributed by atoms with Crippen LogP contribution in [0.1, 0.15) is 44.4 Å². The first kappa shape index (κ1) is 27.5. The van der Waals surface area contributed by atoms with E-state index in [9.17, 15) is 9.59 Å². The molecule has 0 aliphatic carbocycles. The largest absolute Gasteiger partial charge is 0.484 e. The predicted molar refractivity (Wildman–Crippen MR) is 148 cm³/mol. The summed E-state index contributed by atoms with van der Waals surface area (Å²) in [6.07, 6.45) is 0.409. The Balaban J connectivity index is 1.86. The van der Waals surface area contributed by atoms with E-state index < -0.39 is 6.04 Å². The maximum absolute atomic E-state index is 13.6. The standard InChI is InChI=1S/C30H35BrN2O3/c1-5-32-29(35)27(19-22-10-7-6-8-11-22)33(20-23-12-9-13-25(31)18-23)28(34)21-36-26-16-14-24(15-17-26)30(2,3)4/h6-18,27H,5,19-21H2,1-4H3,(H,32,35)/t27-/m0/s1. The molecule has 0 aliphatic heterocycles. The number of hydrogen-bond acceptors (Lipinski definition) is 3. The molecular formula is C30H35BrN2O3. The number of halogens is 1. The monoisotopic (exact) mass is 550 g/mol. The second-order valence-electron chi connectivity index (χ2n) is 9.81. The van der Waals surface area contributed by atoms with Crippen molar-refractivity contribution in [3.05, 3.63) is 100 Å². The fourth-order valence-electron chi connectivity index (χ4n) is 3.96. The predicted octanol–water partition coefficient (Wildman–Crippen LogP) is 5.90. The summed E-state index contributed by atoms with van der Waals surface area (Å²) in [7, 11) is 0. The Morgan fingerprint density at radius 3 is 2.22 bits per heavy atom. The number of nitrogens with zero attached hydrogens (tertiary/aromatic N) is 1. The normalized spacial score (nSPS) is 12.0. The Labute approximate surface area is 223 Å². The van der Waals surface area contributed by atoms with E-state index in [0.717, 1.165) is 15.6 Å². The van der Waals surface area contributed by atoms with Crippen LogP contribution in [0.5, 0.6) is 5.75 Å². The highest BCUT2D eigenvalue weighted by Gasteiger charge is 2.30. The number of carbonyl (C=O) groups is 2. The van der Waals surface area contributed by atoms with Gasteiger partial charge in [0, 0.05) is 24.0 Å². The van der Waals surface area contributed by atoms with Crippen molar-refractivity contribution in [3.63, 3.8) is 0 Å². The van der Waals surface area contributed by atoms with Crippen LogP contribution in [-0.2, 0) is 28.0 Å². The van der Waals surface area contributed by atoms with Gasteiger partial charge in [-0.3, -0.25) is 9.59 Å². The maximum atomic E-state index is 13.6. The molecular weight excluding hydrogens is 516 g/mol. The second kappa shape index (κ2) is 12.7. The second-order valence-corrected chi connectivity index (χ2v) is 10.7. The van der Waals surface area contributed by atoms with Crippen LogP contribution in [0, 0.1) is 0 Å². The summed E-state index contributed by atoms with van der Waals surface area (Å²) in [4.78, 5) is 28.4. The van der Waals surface area contributed by atoms with Crippen molar-refractivity contribution < 1.29 is 14.3 Å². The molecule has 1 atom stereocenters. The molecule has 6 heteroatoms. The summed E-state index contributed by atoms with van der Waals surface area (Å²) < 4.78 is 6.80. The minimum absolute atomic E-state index is 0.0341. The number of ether oxygens (including phenoxy) is 1. The lowest BCUT2D eigenvalue weighted by atomic mass is 9.87. The first-order chi connectivity index (χ1) is 17.2. The highest BCUT2D eigenvalue weighted by Crippen LogP contribution is 2.24. The minimum Gasteiger partial charge on any atom is -0.484 e. The quantitative estimate of drug-likeness (QED) is 0.341. The molecule has 5 nitrogen and oxygen atoms in total. The third kappa shape index (κ3) is 7.95. The van der Waals surface area contributed by atoms with Crippen LogP contribution < -0.4 is 10.1 Å². The zero-order valence-corrected chi connectivity index (χ0v) is 23.0. The highest BCUT2D eigenvalue weighted by molar-refractivity contribution is 9.10. The summed E-state index contributed by atoms with van der Waals surface area (Å²) in [5.41, 5.74) is 3.14. The lowest BCUT2D eigenvalue weighted by Crippen LogP contribution is -2.51. The van der Waals surface area contributed by atoms with Gasteiger partial charge < -0.3 is 15.0 Å². The third-order valence-electron chi connectivity index (χ3n) is 5.95. The van der Waals surface area contributed by atoms with Crippen molar-refractivity contribution >= 4 is 27.7 Å². The smallest absolute Gasteiger partial charge is 0.261 e. The van der Waals surface area contributed by atoms with Gasteiger partial charge in [0.05, 0.1) is 0 Å². The van der Waals surface area contributed by atoms with Gasteiger partial charge in [-0.15, -0.1) is 0 Å². The molecule has 0 unspecified atom stereocenters. The molecule has 0 aliphatic rings. The van der Waals surface area contributed by atoms with E-state index in [4.69, 9.17) is 4.74 Å². The molecule has 0 heterocycles. The number of likely N-dealkylation sites (N-methyl/N-ethyl adjacent to an activating group) is 1. The summed E-state index contributed by atoms with van der Waals surface area (Å²) in [6.45, 7) is 8.95. The van der Waals surface area contributed by atoms with Crippen molar-refractivity contribution in [1.29, 1.82) is 0 Å². The molecule has 0 spiro atoms.